The molecule has 0 radical (unpaired) electrons. The Bertz CT molecular complexity index is 736. The highest BCUT2D eigenvalue weighted by molar-refractivity contribution is 7.89. The molecule has 9 heteroatoms. The van der Waals surface area contributed by atoms with E-state index in [1.54, 1.807) is 20.1 Å². The molecule has 2 rings (SSSR count). The highest BCUT2D eigenvalue weighted by atomic mass is 32.2. The van der Waals surface area contributed by atoms with Crippen LogP contribution in [0.1, 0.15) is 19.4 Å². The third-order valence-corrected chi connectivity index (χ3v) is 5.34. The summed E-state index contributed by atoms with van der Waals surface area (Å²) in [6, 6.07) is 4.17. The van der Waals surface area contributed by atoms with E-state index in [1.165, 1.54) is 12.1 Å². The number of anilines is 1. The van der Waals surface area contributed by atoms with Crippen molar-refractivity contribution in [2.45, 2.75) is 43.9 Å². The molecule has 140 valence electrons. The Balaban J connectivity index is 2.08. The van der Waals surface area contributed by atoms with Crippen molar-refractivity contribution in [2.75, 3.05) is 25.5 Å². The van der Waals surface area contributed by atoms with Gasteiger partial charge in [0.25, 0.3) is 0 Å². The van der Waals surface area contributed by atoms with Crippen LogP contribution in [0.3, 0.4) is 0 Å². The number of amides is 2. The predicted molar refractivity (Wildman–Crippen MR) is 96.0 cm³/mol. The summed E-state index contributed by atoms with van der Waals surface area (Å²) in [4.78, 5) is 14.5. The number of aryl methyl sites for hydroxylation is 1. The molecule has 4 N–H and O–H groups in total. The number of hydrogen-bond donors (Lipinski definition) is 3. The molecule has 2 amide bonds. The number of sulfonamides is 1. The zero-order chi connectivity index (χ0) is 18.8. The van der Waals surface area contributed by atoms with Gasteiger partial charge in [-0.3, -0.25) is 4.90 Å². The Morgan fingerprint density at radius 3 is 2.60 bits per heavy atom. The van der Waals surface area contributed by atoms with Crippen molar-refractivity contribution in [3.05, 3.63) is 23.8 Å². The summed E-state index contributed by atoms with van der Waals surface area (Å²) in [7, 11) is -2.20. The lowest BCUT2D eigenvalue weighted by atomic mass is 10.2. The zero-order valence-corrected chi connectivity index (χ0v) is 15.8. The predicted octanol–water partition coefficient (Wildman–Crippen LogP) is 0.872. The summed E-state index contributed by atoms with van der Waals surface area (Å²) in [5.74, 6) is 0. The molecule has 25 heavy (non-hydrogen) atoms. The van der Waals surface area contributed by atoms with E-state index < -0.39 is 16.1 Å². The molecule has 0 bridgehead atoms. The molecule has 1 heterocycles. The summed E-state index contributed by atoms with van der Waals surface area (Å²) in [6.07, 6.45) is -0.0926. The average Bonchev–Trinajstić information content (AvgIpc) is 2.91. The first-order chi connectivity index (χ1) is 11.6. The first-order valence-electron chi connectivity index (χ1n) is 8.09. The number of ether oxygens (including phenoxy) is 1. The molecule has 0 unspecified atom stereocenters. The molecule has 0 aromatic heterocycles. The minimum Gasteiger partial charge on any atom is -0.378 e. The number of nitrogens with zero attached hydrogens (tertiary/aromatic N) is 1. The Morgan fingerprint density at radius 1 is 1.36 bits per heavy atom. The molecule has 1 saturated heterocycles. The van der Waals surface area contributed by atoms with Crippen LogP contribution in [0.15, 0.2) is 23.1 Å². The van der Waals surface area contributed by atoms with Crippen molar-refractivity contribution < 1.29 is 17.9 Å². The maximum Gasteiger partial charge on any atom is 0.319 e. The number of carbonyl (C=O) groups excluding carboxylic acids is 1. The number of benzene rings is 1. The second kappa shape index (κ2) is 7.69. The number of likely N-dealkylation sites (tertiary alicyclic amines) is 1. The van der Waals surface area contributed by atoms with Gasteiger partial charge in [0.15, 0.2) is 0 Å². The molecular formula is C16H26N4O4S. The normalized spacial score (nSPS) is 21.5. The van der Waals surface area contributed by atoms with Gasteiger partial charge in [-0.05, 0) is 38.5 Å². The third-order valence-electron chi connectivity index (χ3n) is 4.43. The van der Waals surface area contributed by atoms with Gasteiger partial charge in [0.2, 0.25) is 10.0 Å². The number of carbonyl (C=O) groups is 1. The molecule has 0 aliphatic carbocycles. The second-order valence-electron chi connectivity index (χ2n) is 6.55. The van der Waals surface area contributed by atoms with Gasteiger partial charge < -0.3 is 15.4 Å². The van der Waals surface area contributed by atoms with E-state index >= 15 is 0 Å². The fraction of sp³-hybridized carbons (Fsp3) is 0.562. The Morgan fingerprint density at radius 2 is 2.04 bits per heavy atom. The number of urea groups is 1. The first kappa shape index (κ1) is 19.6. The molecule has 2 atom stereocenters. The van der Waals surface area contributed by atoms with Crippen molar-refractivity contribution in [2.24, 2.45) is 5.14 Å². The van der Waals surface area contributed by atoms with Crippen LogP contribution in [0.4, 0.5) is 10.5 Å². The van der Waals surface area contributed by atoms with E-state index in [0.29, 0.717) is 18.3 Å². The molecule has 1 aliphatic rings. The lowest BCUT2D eigenvalue weighted by molar-refractivity contribution is 0.0896. The Labute approximate surface area is 148 Å². The maximum absolute atomic E-state index is 12.3. The van der Waals surface area contributed by atoms with Crippen LogP contribution in [-0.2, 0) is 14.8 Å². The monoisotopic (exact) mass is 370 g/mol. The van der Waals surface area contributed by atoms with Crippen LogP contribution in [-0.4, -0.2) is 57.7 Å². The van der Waals surface area contributed by atoms with Gasteiger partial charge in [0.1, 0.15) is 0 Å². The fourth-order valence-corrected chi connectivity index (χ4v) is 3.38. The van der Waals surface area contributed by atoms with Crippen molar-refractivity contribution in [1.82, 2.24) is 10.2 Å². The second-order valence-corrected chi connectivity index (χ2v) is 8.11. The Kier molecular flexibility index (Phi) is 6.04. The number of nitrogens with two attached hydrogens (primary N) is 1. The van der Waals surface area contributed by atoms with Crippen LogP contribution >= 0.6 is 0 Å². The van der Waals surface area contributed by atoms with Crippen LogP contribution in [0.5, 0.6) is 0 Å². The number of nitrogens with one attached hydrogen (secondary N) is 2. The van der Waals surface area contributed by atoms with Gasteiger partial charge in [-0.1, -0.05) is 6.07 Å². The number of rotatable bonds is 5. The largest absolute Gasteiger partial charge is 0.378 e. The van der Waals surface area contributed by atoms with Gasteiger partial charge in [-0.15, -0.1) is 0 Å². The summed E-state index contributed by atoms with van der Waals surface area (Å²) >= 11 is 0. The lowest BCUT2D eigenvalue weighted by Crippen LogP contribution is -2.45. The van der Waals surface area contributed by atoms with Crippen LogP contribution < -0.4 is 15.8 Å². The summed E-state index contributed by atoms with van der Waals surface area (Å²) < 4.78 is 28.4. The van der Waals surface area contributed by atoms with Gasteiger partial charge >= 0.3 is 6.03 Å². The van der Waals surface area contributed by atoms with E-state index in [9.17, 15) is 13.2 Å². The summed E-state index contributed by atoms with van der Waals surface area (Å²) in [6.45, 7) is 7.41. The van der Waals surface area contributed by atoms with Gasteiger partial charge in [-0.25, -0.2) is 18.4 Å². The van der Waals surface area contributed by atoms with Crippen LogP contribution in [0.2, 0.25) is 0 Å². The molecule has 1 aliphatic heterocycles. The number of primary sulfonamides is 1. The molecule has 8 nitrogen and oxygen atoms in total. The van der Waals surface area contributed by atoms with Crippen molar-refractivity contribution in [3.63, 3.8) is 0 Å². The van der Waals surface area contributed by atoms with E-state index in [0.717, 1.165) is 12.1 Å². The van der Waals surface area contributed by atoms with Crippen molar-refractivity contribution in [1.29, 1.82) is 0 Å². The fourth-order valence-electron chi connectivity index (χ4n) is 2.84. The maximum atomic E-state index is 12.3. The Hall–Kier alpha value is -1.68. The number of methoxy groups -OCH3 is 1. The van der Waals surface area contributed by atoms with E-state index in [1.807, 2.05) is 0 Å². The molecule has 0 spiro atoms. The van der Waals surface area contributed by atoms with Gasteiger partial charge in [0.05, 0.1) is 17.0 Å². The van der Waals surface area contributed by atoms with Crippen molar-refractivity contribution >= 4 is 21.7 Å². The summed E-state index contributed by atoms with van der Waals surface area (Å²) in [5.41, 5.74) is 1.14. The van der Waals surface area contributed by atoms with E-state index in [2.05, 4.69) is 29.4 Å². The SMILES string of the molecule is CO[C@H]1CN(C(C)C)C[C@@H]1NC(=O)Nc1cc(S(N)(=O)=O)ccc1C. The van der Waals surface area contributed by atoms with E-state index in [-0.39, 0.29) is 17.0 Å². The van der Waals surface area contributed by atoms with Crippen molar-refractivity contribution in [3.8, 4) is 0 Å². The first-order valence-corrected chi connectivity index (χ1v) is 9.64. The smallest absolute Gasteiger partial charge is 0.319 e. The minimum atomic E-state index is -3.83. The van der Waals surface area contributed by atoms with E-state index in [4.69, 9.17) is 9.88 Å². The molecule has 0 saturated carbocycles. The quantitative estimate of drug-likeness (QED) is 0.712. The summed E-state index contributed by atoms with van der Waals surface area (Å²) in [5, 5.41) is 10.7. The van der Waals surface area contributed by atoms with Gasteiger partial charge in [-0.2, -0.15) is 0 Å². The molecule has 1 fully saturated rings. The minimum absolute atomic E-state index is 0.0463. The molecular weight excluding hydrogens is 344 g/mol. The van der Waals surface area contributed by atoms with Crippen LogP contribution in [0.25, 0.3) is 0 Å². The highest BCUT2D eigenvalue weighted by Gasteiger charge is 2.35. The number of hydrogen-bond acceptors (Lipinski definition) is 5. The standard InChI is InChI=1S/C16H26N4O4S/c1-10(2)20-8-14(15(9-20)24-4)19-16(21)18-13-7-12(25(17,22)23)6-5-11(13)3/h5-7,10,14-15H,8-9H2,1-4H3,(H2,17,22,23)(H2,18,19,21)/t14-,15-/m0/s1. The molecule has 1 aromatic rings. The highest BCUT2D eigenvalue weighted by Crippen LogP contribution is 2.20. The molecule has 1 aromatic carbocycles. The lowest BCUT2D eigenvalue weighted by Gasteiger charge is -2.20. The third kappa shape index (κ3) is 4.91. The zero-order valence-electron chi connectivity index (χ0n) is 14.9. The van der Waals surface area contributed by atoms with Crippen LogP contribution in [0, 0.1) is 6.92 Å². The topological polar surface area (TPSA) is 114 Å². The van der Waals surface area contributed by atoms with Gasteiger partial charge in [0, 0.05) is 31.9 Å². The average molecular weight is 370 g/mol.